The summed E-state index contributed by atoms with van der Waals surface area (Å²) < 4.78 is 0. The average Bonchev–Trinajstić information content (AvgIpc) is 2.38. The molecule has 1 aliphatic rings. The molecule has 0 atom stereocenters. The fourth-order valence-corrected chi connectivity index (χ4v) is 1.13. The van der Waals surface area contributed by atoms with Gasteiger partial charge in [-0.1, -0.05) is 12.0 Å². The number of hydrogen-bond acceptors (Lipinski definition) is 1. The first-order valence-corrected chi connectivity index (χ1v) is 3.50. The molecule has 1 aliphatic carbocycles. The summed E-state index contributed by atoms with van der Waals surface area (Å²) in [6.45, 7) is 0. The number of carbonyl (C=O) groups excluding carboxylic acids is 1. The molecule has 0 amide bonds. The van der Waals surface area contributed by atoms with Crippen molar-refractivity contribution in [3.63, 3.8) is 0 Å². The molecule has 0 bridgehead atoms. The van der Waals surface area contributed by atoms with E-state index >= 15 is 0 Å². The van der Waals surface area contributed by atoms with Crippen molar-refractivity contribution in [2.45, 2.75) is 25.7 Å². The van der Waals surface area contributed by atoms with Gasteiger partial charge >= 0.3 is 0 Å². The van der Waals surface area contributed by atoms with Gasteiger partial charge in [-0.2, -0.15) is 0 Å². The first-order chi connectivity index (χ1) is 4.84. The molecule has 0 aromatic heterocycles. The van der Waals surface area contributed by atoms with Crippen LogP contribution in [-0.4, -0.2) is 5.78 Å². The van der Waals surface area contributed by atoms with E-state index in [2.05, 4.69) is 5.92 Å². The lowest BCUT2D eigenvalue weighted by Gasteiger charge is -1.93. The minimum absolute atomic E-state index is 0.139. The Morgan fingerprint density at radius 1 is 1.80 bits per heavy atom. The maximum absolute atomic E-state index is 11.0. The van der Waals surface area contributed by atoms with E-state index < -0.39 is 0 Å². The topological polar surface area (TPSA) is 17.1 Å². The lowest BCUT2D eigenvalue weighted by Crippen LogP contribution is -1.97. The summed E-state index contributed by atoms with van der Waals surface area (Å²) in [6, 6.07) is 0. The van der Waals surface area contributed by atoms with Gasteiger partial charge in [0.2, 0.25) is 0 Å². The molecule has 1 nitrogen and oxygen atoms in total. The molecule has 1 rings (SSSR count). The number of terminal acetylenes is 1. The quantitative estimate of drug-likeness (QED) is 0.525. The van der Waals surface area contributed by atoms with Gasteiger partial charge in [0.15, 0.2) is 5.78 Å². The van der Waals surface area contributed by atoms with Gasteiger partial charge in [0.1, 0.15) is 0 Å². The molecule has 0 aromatic rings. The molecule has 0 fully saturated rings. The van der Waals surface area contributed by atoms with E-state index in [0.29, 0.717) is 0 Å². The monoisotopic (exact) mass is 134 g/mol. The smallest absolute Gasteiger partial charge is 0.170 e. The highest BCUT2D eigenvalue weighted by Crippen LogP contribution is 2.18. The third-order valence-electron chi connectivity index (χ3n) is 1.66. The van der Waals surface area contributed by atoms with Crippen molar-refractivity contribution in [3.05, 3.63) is 11.6 Å². The highest BCUT2D eigenvalue weighted by atomic mass is 16.1. The molecule has 0 aromatic carbocycles. The van der Waals surface area contributed by atoms with Crippen LogP contribution in [0, 0.1) is 12.3 Å². The summed E-state index contributed by atoms with van der Waals surface area (Å²) in [5.41, 5.74) is 0.943. The Morgan fingerprint density at radius 3 is 3.10 bits per heavy atom. The van der Waals surface area contributed by atoms with Crippen molar-refractivity contribution in [1.29, 1.82) is 0 Å². The number of Topliss-reactive ketones (excluding diaryl/α,β-unsaturated/α-hetero) is 1. The largest absolute Gasteiger partial charge is 0.293 e. The molecule has 52 valence electrons. The maximum atomic E-state index is 11.0. The highest BCUT2D eigenvalue weighted by molar-refractivity contribution is 5.97. The Kier molecular flexibility index (Phi) is 2.28. The van der Waals surface area contributed by atoms with Crippen LogP contribution < -0.4 is 0 Å². The lowest BCUT2D eigenvalue weighted by atomic mass is 10.1. The summed E-state index contributed by atoms with van der Waals surface area (Å²) in [7, 11) is 0. The Morgan fingerprint density at radius 2 is 2.60 bits per heavy atom. The zero-order valence-corrected chi connectivity index (χ0v) is 5.89. The zero-order chi connectivity index (χ0) is 7.40. The van der Waals surface area contributed by atoms with Gasteiger partial charge in [-0.15, -0.1) is 6.42 Å². The van der Waals surface area contributed by atoms with Crippen LogP contribution in [0.5, 0.6) is 0 Å². The van der Waals surface area contributed by atoms with Gasteiger partial charge in [-0.05, 0) is 24.8 Å². The number of allylic oxidation sites excluding steroid dienone is 2. The van der Waals surface area contributed by atoms with Crippen molar-refractivity contribution in [1.82, 2.24) is 0 Å². The van der Waals surface area contributed by atoms with Gasteiger partial charge in [0.25, 0.3) is 0 Å². The minimum atomic E-state index is 0.139. The zero-order valence-electron chi connectivity index (χ0n) is 5.89. The third kappa shape index (κ3) is 1.48. The molecular formula is C9H10O. The van der Waals surface area contributed by atoms with Crippen molar-refractivity contribution in [2.24, 2.45) is 0 Å². The Labute approximate surface area is 61.1 Å². The van der Waals surface area contributed by atoms with Gasteiger partial charge in [-0.25, -0.2) is 0 Å². The number of ketones is 1. The molecule has 0 spiro atoms. The second kappa shape index (κ2) is 3.22. The van der Waals surface area contributed by atoms with Crippen LogP contribution in [0.25, 0.3) is 0 Å². The molecular weight excluding hydrogens is 124 g/mol. The van der Waals surface area contributed by atoms with Crippen LogP contribution in [0.15, 0.2) is 11.6 Å². The minimum Gasteiger partial charge on any atom is -0.293 e. The molecule has 0 saturated heterocycles. The Hall–Kier alpha value is -1.03. The first-order valence-electron chi connectivity index (χ1n) is 3.50. The molecule has 10 heavy (non-hydrogen) atoms. The van der Waals surface area contributed by atoms with Crippen LogP contribution >= 0.6 is 0 Å². The van der Waals surface area contributed by atoms with E-state index in [-0.39, 0.29) is 12.2 Å². The second-order valence-electron chi connectivity index (χ2n) is 2.43. The van der Waals surface area contributed by atoms with Crippen molar-refractivity contribution in [2.75, 3.05) is 0 Å². The maximum Gasteiger partial charge on any atom is 0.170 e. The lowest BCUT2D eigenvalue weighted by molar-refractivity contribution is -0.114. The first kappa shape index (κ1) is 7.08. The molecule has 0 radical (unpaired) electrons. The summed E-state index contributed by atoms with van der Waals surface area (Å²) >= 11 is 0. The van der Waals surface area contributed by atoms with Crippen molar-refractivity contribution < 1.29 is 4.79 Å². The fraction of sp³-hybridized carbons (Fsp3) is 0.444. The number of carbonyl (C=O) groups is 1. The van der Waals surface area contributed by atoms with Gasteiger partial charge < -0.3 is 0 Å². The van der Waals surface area contributed by atoms with E-state index in [4.69, 9.17) is 6.42 Å². The van der Waals surface area contributed by atoms with E-state index in [9.17, 15) is 4.79 Å². The molecule has 0 aliphatic heterocycles. The van der Waals surface area contributed by atoms with Gasteiger partial charge in [0, 0.05) is 0 Å². The predicted octanol–water partition coefficient (Wildman–Crippen LogP) is 1.69. The van der Waals surface area contributed by atoms with Gasteiger partial charge in [0.05, 0.1) is 6.42 Å². The van der Waals surface area contributed by atoms with Crippen LogP contribution in [0.3, 0.4) is 0 Å². The van der Waals surface area contributed by atoms with Crippen LogP contribution in [0.2, 0.25) is 0 Å². The highest BCUT2D eigenvalue weighted by Gasteiger charge is 2.10. The molecule has 0 heterocycles. The van der Waals surface area contributed by atoms with Crippen LogP contribution in [0.1, 0.15) is 25.7 Å². The Bertz CT molecular complexity index is 205. The molecule has 1 heteroatoms. The van der Waals surface area contributed by atoms with Crippen molar-refractivity contribution in [3.8, 4) is 12.3 Å². The predicted molar refractivity (Wildman–Crippen MR) is 40.4 cm³/mol. The average molecular weight is 134 g/mol. The van der Waals surface area contributed by atoms with E-state index in [1.54, 1.807) is 0 Å². The number of rotatable bonds is 2. The van der Waals surface area contributed by atoms with E-state index in [1.165, 1.54) is 0 Å². The standard InChI is InChI=1S/C9H10O/c1-2-5-9(10)8-6-3-4-7-8/h1,6H,3-5,7H2. The summed E-state index contributed by atoms with van der Waals surface area (Å²) in [6.07, 6.45) is 10.4. The molecule has 0 N–H and O–H groups in total. The fourth-order valence-electron chi connectivity index (χ4n) is 1.13. The number of hydrogen-bond donors (Lipinski definition) is 0. The van der Waals surface area contributed by atoms with E-state index in [0.717, 1.165) is 24.8 Å². The Balaban J connectivity index is 2.50. The summed E-state index contributed by atoms with van der Waals surface area (Å²) in [4.78, 5) is 11.0. The second-order valence-corrected chi connectivity index (χ2v) is 2.43. The van der Waals surface area contributed by atoms with Crippen LogP contribution in [0.4, 0.5) is 0 Å². The van der Waals surface area contributed by atoms with E-state index in [1.807, 2.05) is 6.08 Å². The van der Waals surface area contributed by atoms with Gasteiger partial charge in [-0.3, -0.25) is 4.79 Å². The molecule has 0 saturated carbocycles. The SMILES string of the molecule is C#CCC(=O)C1=CCCC1. The summed E-state index contributed by atoms with van der Waals surface area (Å²) in [5, 5.41) is 0. The van der Waals surface area contributed by atoms with Crippen LogP contribution in [-0.2, 0) is 4.79 Å². The normalized spacial score (nSPS) is 16.1. The molecule has 0 unspecified atom stereocenters. The van der Waals surface area contributed by atoms with Crippen molar-refractivity contribution >= 4 is 5.78 Å². The third-order valence-corrected chi connectivity index (χ3v) is 1.66. The summed E-state index contributed by atoms with van der Waals surface area (Å²) in [5.74, 6) is 2.49.